The molecule has 0 amide bonds. The number of hydrogen-bond donors (Lipinski definition) is 1. The first-order chi connectivity index (χ1) is 7.04. The Morgan fingerprint density at radius 2 is 1.87 bits per heavy atom. The molecule has 0 heterocycles. The van der Waals surface area contributed by atoms with Gasteiger partial charge in [0.25, 0.3) is 0 Å². The van der Waals surface area contributed by atoms with Gasteiger partial charge in [-0.3, -0.25) is 0 Å². The smallest absolute Gasteiger partial charge is 0.156 e. The number of nitrogens with zero attached hydrogens (tertiary/aromatic N) is 1. The first-order valence-corrected chi connectivity index (χ1v) is 5.19. The minimum atomic E-state index is 0.0222. The Morgan fingerprint density at radius 3 is 2.27 bits per heavy atom. The number of hydrazone groups is 1. The van der Waals surface area contributed by atoms with Gasteiger partial charge in [-0.1, -0.05) is 23.2 Å². The van der Waals surface area contributed by atoms with Gasteiger partial charge in [-0.2, -0.15) is 5.10 Å². The third-order valence-electron chi connectivity index (χ3n) is 1.60. The van der Waals surface area contributed by atoms with Crippen molar-refractivity contribution in [2.24, 2.45) is 10.9 Å². The molecule has 0 aliphatic rings. The summed E-state index contributed by atoms with van der Waals surface area (Å²) in [6.45, 7) is 3.81. The van der Waals surface area contributed by atoms with E-state index in [4.69, 9.17) is 33.8 Å². The molecule has 1 aromatic carbocycles. The monoisotopic (exact) mass is 246 g/mol. The number of nitrogens with two attached hydrogens (primary N) is 1. The fourth-order valence-electron chi connectivity index (χ4n) is 1.09. The maximum absolute atomic E-state index is 6.00. The van der Waals surface area contributed by atoms with E-state index >= 15 is 0 Å². The molecule has 0 fully saturated rings. The van der Waals surface area contributed by atoms with Crippen molar-refractivity contribution < 1.29 is 4.74 Å². The second-order valence-corrected chi connectivity index (χ2v) is 4.07. The van der Waals surface area contributed by atoms with Crippen LogP contribution in [0.5, 0.6) is 5.75 Å². The van der Waals surface area contributed by atoms with Gasteiger partial charge in [0.2, 0.25) is 0 Å². The van der Waals surface area contributed by atoms with Gasteiger partial charge in [0.15, 0.2) is 5.75 Å². The highest BCUT2D eigenvalue weighted by molar-refractivity contribution is 6.37. The first kappa shape index (κ1) is 12.1. The van der Waals surface area contributed by atoms with Gasteiger partial charge in [0.05, 0.1) is 22.4 Å². The topological polar surface area (TPSA) is 47.6 Å². The number of halogens is 2. The highest BCUT2D eigenvalue weighted by Gasteiger charge is 2.10. The van der Waals surface area contributed by atoms with Crippen LogP contribution in [-0.2, 0) is 0 Å². The van der Waals surface area contributed by atoms with E-state index < -0.39 is 0 Å². The van der Waals surface area contributed by atoms with Crippen molar-refractivity contribution >= 4 is 29.4 Å². The SMILES string of the molecule is CC(C)Oc1c(Cl)cc(C=NN)cc1Cl. The molecule has 0 aromatic heterocycles. The van der Waals surface area contributed by atoms with Crippen molar-refractivity contribution in [3.8, 4) is 5.75 Å². The molecule has 2 N–H and O–H groups in total. The molecule has 0 aliphatic heterocycles. The lowest BCUT2D eigenvalue weighted by Crippen LogP contribution is -2.06. The van der Waals surface area contributed by atoms with E-state index in [9.17, 15) is 0 Å². The predicted octanol–water partition coefficient (Wildman–Crippen LogP) is 3.07. The molecular weight excluding hydrogens is 235 g/mol. The van der Waals surface area contributed by atoms with E-state index in [2.05, 4.69) is 5.10 Å². The van der Waals surface area contributed by atoms with E-state index in [1.54, 1.807) is 12.1 Å². The predicted molar refractivity (Wildman–Crippen MR) is 64.0 cm³/mol. The lowest BCUT2D eigenvalue weighted by molar-refractivity contribution is 0.243. The summed E-state index contributed by atoms with van der Waals surface area (Å²) >= 11 is 12.0. The van der Waals surface area contributed by atoms with Crippen molar-refractivity contribution in [2.45, 2.75) is 20.0 Å². The minimum absolute atomic E-state index is 0.0222. The van der Waals surface area contributed by atoms with Crippen LogP contribution in [0.25, 0.3) is 0 Å². The molecule has 15 heavy (non-hydrogen) atoms. The van der Waals surface area contributed by atoms with Crippen LogP contribution < -0.4 is 10.6 Å². The van der Waals surface area contributed by atoms with Crippen LogP contribution in [0.4, 0.5) is 0 Å². The maximum atomic E-state index is 6.00. The second-order valence-electron chi connectivity index (χ2n) is 3.26. The zero-order chi connectivity index (χ0) is 11.4. The summed E-state index contributed by atoms with van der Waals surface area (Å²) in [6, 6.07) is 3.39. The Kier molecular flexibility index (Phi) is 4.24. The van der Waals surface area contributed by atoms with Crippen molar-refractivity contribution in [1.29, 1.82) is 0 Å². The Balaban J connectivity index is 3.09. The van der Waals surface area contributed by atoms with Crippen LogP contribution in [0, 0.1) is 0 Å². The summed E-state index contributed by atoms with van der Waals surface area (Å²) in [5.41, 5.74) is 0.739. The molecule has 0 radical (unpaired) electrons. The summed E-state index contributed by atoms with van der Waals surface area (Å²) in [6.07, 6.45) is 1.49. The molecule has 82 valence electrons. The number of hydrogen-bond acceptors (Lipinski definition) is 3. The molecule has 5 heteroatoms. The Hall–Kier alpha value is -0.930. The molecule has 3 nitrogen and oxygen atoms in total. The Labute approximate surface area is 98.8 Å². The third-order valence-corrected chi connectivity index (χ3v) is 2.16. The van der Waals surface area contributed by atoms with E-state index in [1.807, 2.05) is 13.8 Å². The van der Waals surface area contributed by atoms with Gasteiger partial charge in [0, 0.05) is 0 Å². The molecule has 0 aliphatic carbocycles. The zero-order valence-corrected chi connectivity index (χ0v) is 10.0. The van der Waals surface area contributed by atoms with Gasteiger partial charge in [-0.05, 0) is 31.5 Å². The molecular formula is C10H12Cl2N2O. The van der Waals surface area contributed by atoms with E-state index in [1.165, 1.54) is 6.21 Å². The summed E-state index contributed by atoms with van der Waals surface area (Å²) in [5.74, 6) is 5.52. The average Bonchev–Trinajstić information content (AvgIpc) is 2.11. The minimum Gasteiger partial charge on any atom is -0.488 e. The normalized spacial score (nSPS) is 11.3. The maximum Gasteiger partial charge on any atom is 0.156 e. The van der Waals surface area contributed by atoms with Gasteiger partial charge in [-0.25, -0.2) is 0 Å². The largest absolute Gasteiger partial charge is 0.488 e. The molecule has 0 saturated heterocycles. The molecule has 0 spiro atoms. The van der Waals surface area contributed by atoms with Crippen LogP contribution in [0.15, 0.2) is 17.2 Å². The van der Waals surface area contributed by atoms with E-state index in [0.29, 0.717) is 15.8 Å². The molecule has 0 bridgehead atoms. The Bertz CT molecular complexity index is 355. The van der Waals surface area contributed by atoms with Crippen molar-refractivity contribution in [2.75, 3.05) is 0 Å². The number of rotatable bonds is 3. The van der Waals surface area contributed by atoms with Gasteiger partial charge in [0.1, 0.15) is 0 Å². The summed E-state index contributed by atoms with van der Waals surface area (Å²) in [5, 5.41) is 4.30. The molecule has 1 aromatic rings. The fourth-order valence-corrected chi connectivity index (χ4v) is 1.68. The molecule has 0 unspecified atom stereocenters. The van der Waals surface area contributed by atoms with Crippen molar-refractivity contribution in [3.63, 3.8) is 0 Å². The van der Waals surface area contributed by atoms with Crippen LogP contribution >= 0.6 is 23.2 Å². The van der Waals surface area contributed by atoms with Gasteiger partial charge < -0.3 is 10.6 Å². The Morgan fingerprint density at radius 1 is 1.33 bits per heavy atom. The van der Waals surface area contributed by atoms with E-state index in [0.717, 1.165) is 5.56 Å². The summed E-state index contributed by atoms with van der Waals surface area (Å²) in [7, 11) is 0. The van der Waals surface area contributed by atoms with Crippen molar-refractivity contribution in [3.05, 3.63) is 27.7 Å². The van der Waals surface area contributed by atoms with Crippen LogP contribution in [0.1, 0.15) is 19.4 Å². The van der Waals surface area contributed by atoms with Crippen LogP contribution in [0.2, 0.25) is 10.0 Å². The lowest BCUT2D eigenvalue weighted by Gasteiger charge is -2.13. The second kappa shape index (κ2) is 5.24. The molecule has 0 atom stereocenters. The first-order valence-electron chi connectivity index (χ1n) is 4.43. The lowest BCUT2D eigenvalue weighted by atomic mass is 10.2. The number of benzene rings is 1. The van der Waals surface area contributed by atoms with Gasteiger partial charge >= 0.3 is 0 Å². The highest BCUT2D eigenvalue weighted by atomic mass is 35.5. The average molecular weight is 247 g/mol. The van der Waals surface area contributed by atoms with Crippen LogP contribution in [-0.4, -0.2) is 12.3 Å². The zero-order valence-electron chi connectivity index (χ0n) is 8.50. The molecule has 0 saturated carbocycles. The fraction of sp³-hybridized carbons (Fsp3) is 0.300. The van der Waals surface area contributed by atoms with Gasteiger partial charge in [-0.15, -0.1) is 0 Å². The summed E-state index contributed by atoms with van der Waals surface area (Å²) < 4.78 is 5.47. The standard InChI is InChI=1S/C10H12Cl2N2O/c1-6(2)15-10-8(11)3-7(5-14-13)4-9(10)12/h3-6H,13H2,1-2H3. The van der Waals surface area contributed by atoms with E-state index in [-0.39, 0.29) is 6.10 Å². The third kappa shape index (κ3) is 3.29. The highest BCUT2D eigenvalue weighted by Crippen LogP contribution is 2.34. The summed E-state index contributed by atoms with van der Waals surface area (Å²) in [4.78, 5) is 0. The van der Waals surface area contributed by atoms with Crippen molar-refractivity contribution in [1.82, 2.24) is 0 Å². The molecule has 1 rings (SSSR count). The quantitative estimate of drug-likeness (QED) is 0.507. The number of ether oxygens (including phenoxy) is 1. The van der Waals surface area contributed by atoms with Crippen LogP contribution in [0.3, 0.4) is 0 Å².